The Morgan fingerprint density at radius 2 is 2.45 bits per heavy atom. The highest BCUT2D eigenvalue weighted by molar-refractivity contribution is 5.73. The van der Waals surface area contributed by atoms with Gasteiger partial charge in [-0.3, -0.25) is 4.79 Å². The van der Waals surface area contributed by atoms with Crippen LogP contribution >= 0.6 is 0 Å². The summed E-state index contributed by atoms with van der Waals surface area (Å²) in [5.74, 6) is -0.781. The zero-order valence-corrected chi connectivity index (χ0v) is 6.84. The van der Waals surface area contributed by atoms with E-state index >= 15 is 0 Å². The molecule has 0 amide bonds. The number of allylic oxidation sites excluding steroid dienone is 1. The summed E-state index contributed by atoms with van der Waals surface area (Å²) < 4.78 is 0. The van der Waals surface area contributed by atoms with Gasteiger partial charge in [0.25, 0.3) is 0 Å². The molecule has 0 heterocycles. The van der Waals surface area contributed by atoms with Gasteiger partial charge in [-0.05, 0) is 26.3 Å². The van der Waals surface area contributed by atoms with Crippen molar-refractivity contribution in [2.45, 2.75) is 25.3 Å². The molecule has 0 aliphatic rings. The molecule has 0 saturated heterocycles. The number of likely N-dealkylation sites (N-methyl/N-ethyl adjacent to an activating group) is 1. The third-order valence-corrected chi connectivity index (χ3v) is 1.55. The van der Waals surface area contributed by atoms with Crippen LogP contribution in [0.15, 0.2) is 12.7 Å². The molecule has 3 nitrogen and oxygen atoms in total. The van der Waals surface area contributed by atoms with Crippen LogP contribution in [0.1, 0.15) is 19.3 Å². The van der Waals surface area contributed by atoms with Crippen molar-refractivity contribution in [1.82, 2.24) is 5.32 Å². The number of hydrogen-bond acceptors (Lipinski definition) is 2. The predicted octanol–water partition coefficient (Wildman–Crippen LogP) is 1.02. The van der Waals surface area contributed by atoms with E-state index in [2.05, 4.69) is 11.9 Å². The topological polar surface area (TPSA) is 49.3 Å². The Balaban J connectivity index is 3.52. The van der Waals surface area contributed by atoms with Gasteiger partial charge in [0.2, 0.25) is 0 Å². The second kappa shape index (κ2) is 5.92. The van der Waals surface area contributed by atoms with Gasteiger partial charge in [0.05, 0.1) is 0 Å². The number of carboxylic acid groups (broad SMARTS) is 1. The first-order valence-corrected chi connectivity index (χ1v) is 3.73. The molecule has 0 rings (SSSR count). The number of carbonyl (C=O) groups is 1. The largest absolute Gasteiger partial charge is 0.480 e. The lowest BCUT2D eigenvalue weighted by molar-refractivity contribution is -0.139. The molecule has 1 atom stereocenters. The first kappa shape index (κ1) is 10.2. The molecule has 3 heteroatoms. The Kier molecular flexibility index (Phi) is 5.47. The third-order valence-electron chi connectivity index (χ3n) is 1.55. The maximum atomic E-state index is 10.4. The van der Waals surface area contributed by atoms with Crippen molar-refractivity contribution in [3.05, 3.63) is 12.7 Å². The molecule has 0 bridgehead atoms. The van der Waals surface area contributed by atoms with E-state index in [0.29, 0.717) is 6.42 Å². The summed E-state index contributed by atoms with van der Waals surface area (Å²) in [6, 6.07) is -0.407. The molecule has 0 aliphatic carbocycles. The number of carboxylic acids is 1. The molecule has 0 aliphatic heterocycles. The second-order valence-electron chi connectivity index (χ2n) is 2.40. The van der Waals surface area contributed by atoms with Gasteiger partial charge in [-0.2, -0.15) is 0 Å². The van der Waals surface area contributed by atoms with Crippen molar-refractivity contribution in [3.63, 3.8) is 0 Å². The van der Waals surface area contributed by atoms with E-state index in [9.17, 15) is 4.79 Å². The van der Waals surface area contributed by atoms with Crippen LogP contribution < -0.4 is 5.32 Å². The molecule has 0 aromatic carbocycles. The van der Waals surface area contributed by atoms with Crippen LogP contribution in [0.3, 0.4) is 0 Å². The van der Waals surface area contributed by atoms with Gasteiger partial charge >= 0.3 is 5.97 Å². The molecule has 11 heavy (non-hydrogen) atoms. The summed E-state index contributed by atoms with van der Waals surface area (Å²) in [7, 11) is 1.66. The summed E-state index contributed by atoms with van der Waals surface area (Å²) >= 11 is 0. The first-order valence-electron chi connectivity index (χ1n) is 3.73. The van der Waals surface area contributed by atoms with Crippen molar-refractivity contribution >= 4 is 5.97 Å². The molecule has 0 aromatic rings. The molecule has 0 unspecified atom stereocenters. The van der Waals surface area contributed by atoms with Crippen LogP contribution in [-0.4, -0.2) is 24.2 Å². The average molecular weight is 157 g/mol. The number of unbranched alkanes of at least 4 members (excludes halogenated alkanes) is 1. The van der Waals surface area contributed by atoms with Crippen LogP contribution in [-0.2, 0) is 4.79 Å². The fraction of sp³-hybridized carbons (Fsp3) is 0.625. The van der Waals surface area contributed by atoms with Gasteiger partial charge in [-0.25, -0.2) is 0 Å². The van der Waals surface area contributed by atoms with Crippen molar-refractivity contribution in [2.24, 2.45) is 0 Å². The van der Waals surface area contributed by atoms with Crippen LogP contribution in [0.5, 0.6) is 0 Å². The van der Waals surface area contributed by atoms with E-state index in [1.54, 1.807) is 13.1 Å². The second-order valence-corrected chi connectivity index (χ2v) is 2.40. The van der Waals surface area contributed by atoms with Gasteiger partial charge in [-0.1, -0.05) is 6.08 Å². The van der Waals surface area contributed by atoms with Crippen LogP contribution in [0.25, 0.3) is 0 Å². The smallest absolute Gasteiger partial charge is 0.320 e. The number of hydrogen-bond donors (Lipinski definition) is 2. The Morgan fingerprint density at radius 1 is 1.82 bits per heavy atom. The minimum atomic E-state index is -0.781. The van der Waals surface area contributed by atoms with E-state index in [1.165, 1.54) is 0 Å². The van der Waals surface area contributed by atoms with E-state index in [1.807, 2.05) is 0 Å². The molecule has 0 saturated carbocycles. The van der Waals surface area contributed by atoms with Crippen molar-refractivity contribution in [1.29, 1.82) is 0 Å². The molecule has 0 fully saturated rings. The predicted molar refractivity (Wildman–Crippen MR) is 44.5 cm³/mol. The summed E-state index contributed by atoms with van der Waals surface area (Å²) in [5.41, 5.74) is 0. The van der Waals surface area contributed by atoms with E-state index in [-0.39, 0.29) is 0 Å². The number of rotatable bonds is 6. The molecule has 64 valence electrons. The standard InChI is InChI=1S/C8H15NO2/c1-3-4-5-6-7(9-2)8(10)11/h3,7,9H,1,4-6H2,2H3,(H,10,11)/t7-/m0/s1. The Hall–Kier alpha value is -0.830. The Morgan fingerprint density at radius 3 is 2.82 bits per heavy atom. The Labute approximate surface area is 67.1 Å². The van der Waals surface area contributed by atoms with Gasteiger partial charge in [-0.15, -0.1) is 6.58 Å². The summed E-state index contributed by atoms with van der Waals surface area (Å²) in [6.07, 6.45) is 4.22. The molecule has 0 spiro atoms. The number of nitrogens with one attached hydrogen (secondary N) is 1. The van der Waals surface area contributed by atoms with Gasteiger partial charge < -0.3 is 10.4 Å². The van der Waals surface area contributed by atoms with Crippen LogP contribution in [0.2, 0.25) is 0 Å². The maximum Gasteiger partial charge on any atom is 0.320 e. The fourth-order valence-electron chi connectivity index (χ4n) is 0.858. The zero-order chi connectivity index (χ0) is 8.69. The normalized spacial score (nSPS) is 12.5. The van der Waals surface area contributed by atoms with Crippen molar-refractivity contribution < 1.29 is 9.90 Å². The summed E-state index contributed by atoms with van der Waals surface area (Å²) in [4.78, 5) is 10.4. The quantitative estimate of drug-likeness (QED) is 0.447. The monoisotopic (exact) mass is 157 g/mol. The SMILES string of the molecule is C=CCCC[C@H](NC)C(=O)O. The highest BCUT2D eigenvalue weighted by Gasteiger charge is 2.12. The molecular formula is C8H15NO2. The molecule has 0 aromatic heterocycles. The highest BCUT2D eigenvalue weighted by atomic mass is 16.4. The van der Waals surface area contributed by atoms with Crippen molar-refractivity contribution in [3.8, 4) is 0 Å². The number of aliphatic carboxylic acids is 1. The van der Waals surface area contributed by atoms with Crippen molar-refractivity contribution in [2.75, 3.05) is 7.05 Å². The van der Waals surface area contributed by atoms with Crippen LogP contribution in [0.4, 0.5) is 0 Å². The van der Waals surface area contributed by atoms with E-state index in [4.69, 9.17) is 5.11 Å². The first-order chi connectivity index (χ1) is 5.22. The molecular weight excluding hydrogens is 142 g/mol. The third kappa shape index (κ3) is 4.56. The van der Waals surface area contributed by atoms with Gasteiger partial charge in [0, 0.05) is 0 Å². The van der Waals surface area contributed by atoms with Crippen LogP contribution in [0, 0.1) is 0 Å². The minimum absolute atomic E-state index is 0.407. The fourth-order valence-corrected chi connectivity index (χ4v) is 0.858. The average Bonchev–Trinajstić information content (AvgIpc) is 1.97. The minimum Gasteiger partial charge on any atom is -0.480 e. The lowest BCUT2D eigenvalue weighted by Gasteiger charge is -2.08. The summed E-state index contributed by atoms with van der Waals surface area (Å²) in [6.45, 7) is 3.56. The summed E-state index contributed by atoms with van der Waals surface area (Å²) in [5, 5.41) is 11.3. The lowest BCUT2D eigenvalue weighted by Crippen LogP contribution is -2.33. The molecule has 2 N–H and O–H groups in total. The Bertz CT molecular complexity index is 134. The van der Waals surface area contributed by atoms with Gasteiger partial charge in [0.15, 0.2) is 0 Å². The zero-order valence-electron chi connectivity index (χ0n) is 6.84. The maximum absolute atomic E-state index is 10.4. The lowest BCUT2D eigenvalue weighted by atomic mass is 10.1. The van der Waals surface area contributed by atoms with E-state index < -0.39 is 12.0 Å². The molecule has 0 radical (unpaired) electrons. The van der Waals surface area contributed by atoms with Gasteiger partial charge in [0.1, 0.15) is 6.04 Å². The van der Waals surface area contributed by atoms with E-state index in [0.717, 1.165) is 12.8 Å². The highest BCUT2D eigenvalue weighted by Crippen LogP contribution is 2.00.